The van der Waals surface area contributed by atoms with E-state index in [-0.39, 0.29) is 12.3 Å². The number of carbonyl (C=O) groups is 1. The van der Waals surface area contributed by atoms with Crippen LogP contribution in [0.2, 0.25) is 0 Å². The van der Waals surface area contributed by atoms with E-state index in [1.807, 2.05) is 0 Å². The zero-order chi connectivity index (χ0) is 12.7. The highest BCUT2D eigenvalue weighted by molar-refractivity contribution is 7.13. The number of anilines is 1. The molecule has 0 aliphatic rings. The van der Waals surface area contributed by atoms with Crippen LogP contribution in [0.4, 0.5) is 5.13 Å². The van der Waals surface area contributed by atoms with Crippen molar-refractivity contribution in [3.8, 4) is 0 Å². The number of hydrogen-bond acceptors (Lipinski definition) is 5. The van der Waals surface area contributed by atoms with Crippen molar-refractivity contribution in [1.82, 2.24) is 10.3 Å². The molecule has 3 N–H and O–H groups in total. The van der Waals surface area contributed by atoms with Gasteiger partial charge in [-0.3, -0.25) is 4.79 Å². The van der Waals surface area contributed by atoms with Gasteiger partial charge in [0.15, 0.2) is 5.13 Å². The predicted molar refractivity (Wildman–Crippen MR) is 68.9 cm³/mol. The first-order valence-electron chi connectivity index (χ1n) is 5.62. The number of amides is 1. The molecule has 0 bridgehead atoms. The lowest BCUT2D eigenvalue weighted by atomic mass is 10.2. The molecule has 0 unspecified atom stereocenters. The molecular weight excluding hydrogens is 238 g/mol. The number of nitrogens with one attached hydrogen (secondary N) is 1. The van der Waals surface area contributed by atoms with Gasteiger partial charge in [-0.25, -0.2) is 4.98 Å². The minimum absolute atomic E-state index is 0.0524. The summed E-state index contributed by atoms with van der Waals surface area (Å²) >= 11 is 1.34. The van der Waals surface area contributed by atoms with Crippen molar-refractivity contribution >= 4 is 22.4 Å². The first-order valence-corrected chi connectivity index (χ1v) is 6.50. The highest BCUT2D eigenvalue weighted by atomic mass is 32.1. The lowest BCUT2D eigenvalue weighted by molar-refractivity contribution is -0.120. The molecule has 17 heavy (non-hydrogen) atoms. The summed E-state index contributed by atoms with van der Waals surface area (Å²) in [5.41, 5.74) is 6.19. The summed E-state index contributed by atoms with van der Waals surface area (Å²) in [5.74, 6) is 0.465. The normalized spacial score (nSPS) is 10.8. The molecule has 6 heteroatoms. The summed E-state index contributed by atoms with van der Waals surface area (Å²) in [6.07, 6.45) is 0.276. The van der Waals surface area contributed by atoms with Gasteiger partial charge >= 0.3 is 0 Å². The monoisotopic (exact) mass is 257 g/mol. The molecule has 96 valence electrons. The Balaban J connectivity index is 2.09. The molecule has 0 saturated carbocycles. The Morgan fingerprint density at radius 3 is 3.00 bits per heavy atom. The fraction of sp³-hybridized carbons (Fsp3) is 0.636. The second kappa shape index (κ2) is 7.24. The van der Waals surface area contributed by atoms with E-state index < -0.39 is 0 Å². The molecule has 1 aromatic rings. The largest absolute Gasteiger partial charge is 0.379 e. The SMILES string of the molecule is CC(C)COCCNC(=O)Cc1csc(N)n1. The van der Waals surface area contributed by atoms with E-state index in [0.717, 1.165) is 6.61 Å². The predicted octanol–water partition coefficient (Wildman–Crippen LogP) is 1.06. The Bertz CT molecular complexity index is 352. The number of aromatic nitrogens is 1. The van der Waals surface area contributed by atoms with Gasteiger partial charge in [0.25, 0.3) is 0 Å². The average Bonchev–Trinajstić information content (AvgIpc) is 2.63. The molecule has 0 atom stereocenters. The van der Waals surface area contributed by atoms with E-state index in [1.54, 1.807) is 5.38 Å². The van der Waals surface area contributed by atoms with Crippen LogP contribution >= 0.6 is 11.3 Å². The Morgan fingerprint density at radius 2 is 2.41 bits per heavy atom. The standard InChI is InChI=1S/C11H19N3O2S/c1-8(2)6-16-4-3-13-10(15)5-9-7-17-11(12)14-9/h7-8H,3-6H2,1-2H3,(H2,12,14)(H,13,15). The second-order valence-electron chi connectivity index (χ2n) is 4.17. The van der Waals surface area contributed by atoms with Gasteiger partial charge in [-0.05, 0) is 5.92 Å². The Hall–Kier alpha value is -1.14. The highest BCUT2D eigenvalue weighted by Gasteiger charge is 2.05. The fourth-order valence-electron chi connectivity index (χ4n) is 1.21. The van der Waals surface area contributed by atoms with Crippen molar-refractivity contribution in [1.29, 1.82) is 0 Å². The van der Waals surface area contributed by atoms with Crippen molar-refractivity contribution in [2.24, 2.45) is 5.92 Å². The van der Waals surface area contributed by atoms with Gasteiger partial charge in [0.1, 0.15) is 0 Å². The molecule has 1 heterocycles. The minimum atomic E-state index is -0.0524. The van der Waals surface area contributed by atoms with E-state index in [4.69, 9.17) is 10.5 Å². The third-order valence-corrected chi connectivity index (χ3v) is 2.65. The molecule has 0 aliphatic heterocycles. The molecular formula is C11H19N3O2S. The Kier molecular flexibility index (Phi) is 5.93. The molecule has 0 aliphatic carbocycles. The topological polar surface area (TPSA) is 77.2 Å². The Labute approximate surface area is 105 Å². The molecule has 0 saturated heterocycles. The zero-order valence-electron chi connectivity index (χ0n) is 10.2. The zero-order valence-corrected chi connectivity index (χ0v) is 11.0. The molecule has 1 amide bonds. The lowest BCUT2D eigenvalue weighted by Gasteiger charge is -2.07. The number of thiazole rings is 1. The fourth-order valence-corrected chi connectivity index (χ4v) is 1.78. The van der Waals surface area contributed by atoms with Gasteiger partial charge in [-0.2, -0.15) is 0 Å². The molecule has 1 aromatic heterocycles. The van der Waals surface area contributed by atoms with E-state index in [9.17, 15) is 4.79 Å². The molecule has 0 fully saturated rings. The summed E-state index contributed by atoms with van der Waals surface area (Å²) in [4.78, 5) is 15.5. The van der Waals surface area contributed by atoms with E-state index in [1.165, 1.54) is 11.3 Å². The molecule has 0 aromatic carbocycles. The average molecular weight is 257 g/mol. The van der Waals surface area contributed by atoms with Crippen molar-refractivity contribution in [3.05, 3.63) is 11.1 Å². The van der Waals surface area contributed by atoms with Crippen LogP contribution in [0, 0.1) is 5.92 Å². The van der Waals surface area contributed by atoms with Gasteiger partial charge in [0.2, 0.25) is 5.91 Å². The van der Waals surface area contributed by atoms with Crippen LogP contribution < -0.4 is 11.1 Å². The maximum atomic E-state index is 11.5. The maximum Gasteiger partial charge on any atom is 0.226 e. The second-order valence-corrected chi connectivity index (χ2v) is 5.06. The quantitative estimate of drug-likeness (QED) is 0.716. The van der Waals surface area contributed by atoms with Gasteiger partial charge in [0.05, 0.1) is 18.7 Å². The number of carbonyl (C=O) groups excluding carboxylic acids is 1. The molecule has 1 rings (SSSR count). The van der Waals surface area contributed by atoms with E-state index >= 15 is 0 Å². The molecule has 0 radical (unpaired) electrons. The molecule has 5 nitrogen and oxygen atoms in total. The minimum Gasteiger partial charge on any atom is -0.379 e. The van der Waals surface area contributed by atoms with E-state index in [0.29, 0.717) is 29.9 Å². The Morgan fingerprint density at radius 1 is 1.65 bits per heavy atom. The summed E-state index contributed by atoms with van der Waals surface area (Å²) in [6.45, 7) is 5.98. The van der Waals surface area contributed by atoms with Crippen LogP contribution in [0.25, 0.3) is 0 Å². The van der Waals surface area contributed by atoms with Crippen LogP contribution in [0.15, 0.2) is 5.38 Å². The third-order valence-electron chi connectivity index (χ3n) is 1.93. The van der Waals surface area contributed by atoms with Crippen LogP contribution in [0.5, 0.6) is 0 Å². The van der Waals surface area contributed by atoms with Gasteiger partial charge in [-0.15, -0.1) is 11.3 Å². The van der Waals surface area contributed by atoms with Crippen LogP contribution in [-0.2, 0) is 16.0 Å². The maximum absolute atomic E-state index is 11.5. The summed E-state index contributed by atoms with van der Waals surface area (Å²) in [5, 5.41) is 5.06. The molecule has 0 spiro atoms. The highest BCUT2D eigenvalue weighted by Crippen LogP contribution is 2.10. The van der Waals surface area contributed by atoms with Crippen molar-refractivity contribution < 1.29 is 9.53 Å². The third kappa shape index (κ3) is 6.23. The summed E-state index contributed by atoms with van der Waals surface area (Å²) < 4.78 is 5.35. The first kappa shape index (κ1) is 13.9. The van der Waals surface area contributed by atoms with Crippen molar-refractivity contribution in [2.75, 3.05) is 25.5 Å². The number of nitrogen functional groups attached to an aromatic ring is 1. The number of ether oxygens (including phenoxy) is 1. The van der Waals surface area contributed by atoms with Crippen LogP contribution in [0.1, 0.15) is 19.5 Å². The van der Waals surface area contributed by atoms with Crippen molar-refractivity contribution in [2.45, 2.75) is 20.3 Å². The number of nitrogens with two attached hydrogens (primary N) is 1. The van der Waals surface area contributed by atoms with Gasteiger partial charge < -0.3 is 15.8 Å². The summed E-state index contributed by atoms with van der Waals surface area (Å²) in [7, 11) is 0. The van der Waals surface area contributed by atoms with Crippen molar-refractivity contribution in [3.63, 3.8) is 0 Å². The number of rotatable bonds is 7. The first-order chi connectivity index (χ1) is 8.08. The van der Waals surface area contributed by atoms with Gasteiger partial charge in [0, 0.05) is 18.5 Å². The van der Waals surface area contributed by atoms with Crippen LogP contribution in [-0.4, -0.2) is 30.6 Å². The van der Waals surface area contributed by atoms with E-state index in [2.05, 4.69) is 24.1 Å². The van der Waals surface area contributed by atoms with Gasteiger partial charge in [-0.1, -0.05) is 13.8 Å². The summed E-state index contributed by atoms with van der Waals surface area (Å²) in [6, 6.07) is 0. The lowest BCUT2D eigenvalue weighted by Crippen LogP contribution is -2.29. The number of hydrogen-bond donors (Lipinski definition) is 2. The number of nitrogens with zero attached hydrogens (tertiary/aromatic N) is 1. The van der Waals surface area contributed by atoms with Crippen LogP contribution in [0.3, 0.4) is 0 Å². The smallest absolute Gasteiger partial charge is 0.226 e.